The highest BCUT2D eigenvalue weighted by Gasteiger charge is 2.24. The zero-order chi connectivity index (χ0) is 19.2. The van der Waals surface area contributed by atoms with Crippen LogP contribution in [0.4, 0.5) is 0 Å². The van der Waals surface area contributed by atoms with E-state index in [1.54, 1.807) is 11.0 Å². The molecule has 1 saturated heterocycles. The van der Waals surface area contributed by atoms with Gasteiger partial charge in [-0.25, -0.2) is 9.67 Å². The summed E-state index contributed by atoms with van der Waals surface area (Å²) in [4.78, 5) is 30.5. The van der Waals surface area contributed by atoms with Gasteiger partial charge in [0.05, 0.1) is 6.54 Å². The summed E-state index contributed by atoms with van der Waals surface area (Å²) < 4.78 is 1.74. The third kappa shape index (κ3) is 5.39. The van der Waals surface area contributed by atoms with Crippen LogP contribution in [0.5, 0.6) is 0 Å². The second kappa shape index (κ2) is 8.79. The molecule has 1 aliphatic rings. The van der Waals surface area contributed by atoms with Crippen LogP contribution in [0, 0.1) is 5.92 Å². The first kappa shape index (κ1) is 19.1. The fourth-order valence-corrected chi connectivity index (χ4v) is 3.28. The molecule has 2 amide bonds. The minimum absolute atomic E-state index is 0.0609. The Kier molecular flexibility index (Phi) is 6.21. The zero-order valence-corrected chi connectivity index (χ0v) is 16.0. The summed E-state index contributed by atoms with van der Waals surface area (Å²) in [5.41, 5.74) is 1.71. The number of nitrogens with one attached hydrogen (secondary N) is 1. The molecule has 0 saturated carbocycles. The van der Waals surface area contributed by atoms with Crippen molar-refractivity contribution in [2.75, 3.05) is 13.1 Å². The van der Waals surface area contributed by atoms with Crippen molar-refractivity contribution in [3.8, 4) is 0 Å². The molecule has 1 fully saturated rings. The van der Waals surface area contributed by atoms with E-state index in [1.807, 2.05) is 29.2 Å². The van der Waals surface area contributed by atoms with Gasteiger partial charge in [-0.3, -0.25) is 9.59 Å². The molecule has 2 aromatic rings. The Bertz CT molecular complexity index is 747. The molecular weight excluding hydrogens is 342 g/mol. The Morgan fingerprint density at radius 3 is 2.48 bits per heavy atom. The molecule has 27 heavy (non-hydrogen) atoms. The van der Waals surface area contributed by atoms with Crippen LogP contribution in [0.15, 0.2) is 36.9 Å². The fraction of sp³-hybridized carbons (Fsp3) is 0.500. The van der Waals surface area contributed by atoms with E-state index in [4.69, 9.17) is 0 Å². The van der Waals surface area contributed by atoms with Crippen LogP contribution in [0.2, 0.25) is 0 Å². The number of carbonyl (C=O) groups excluding carboxylic acids is 2. The van der Waals surface area contributed by atoms with Crippen molar-refractivity contribution in [3.63, 3.8) is 0 Å². The molecule has 0 aliphatic carbocycles. The smallest absolute Gasteiger partial charge is 0.251 e. The van der Waals surface area contributed by atoms with Crippen LogP contribution >= 0.6 is 0 Å². The lowest BCUT2D eigenvalue weighted by atomic mass is 10.0. The number of carbonyl (C=O) groups is 2. The van der Waals surface area contributed by atoms with Gasteiger partial charge in [-0.05, 0) is 36.5 Å². The topological polar surface area (TPSA) is 80.1 Å². The van der Waals surface area contributed by atoms with Crippen molar-refractivity contribution >= 4 is 11.8 Å². The third-order valence-electron chi connectivity index (χ3n) is 4.79. The summed E-state index contributed by atoms with van der Waals surface area (Å²) in [6.07, 6.45) is 5.38. The summed E-state index contributed by atoms with van der Waals surface area (Å²) in [5, 5.41) is 7.17. The van der Waals surface area contributed by atoms with E-state index in [0.717, 1.165) is 18.4 Å². The maximum atomic E-state index is 12.5. The average Bonchev–Trinajstić information content (AvgIpc) is 3.15. The summed E-state index contributed by atoms with van der Waals surface area (Å²) in [6.45, 7) is 6.18. The maximum Gasteiger partial charge on any atom is 0.251 e. The molecule has 0 unspecified atom stereocenters. The fourth-order valence-electron chi connectivity index (χ4n) is 3.28. The van der Waals surface area contributed by atoms with Crippen molar-refractivity contribution in [1.82, 2.24) is 25.0 Å². The first-order valence-corrected chi connectivity index (χ1v) is 9.51. The van der Waals surface area contributed by atoms with Gasteiger partial charge >= 0.3 is 0 Å². The maximum absolute atomic E-state index is 12.5. The van der Waals surface area contributed by atoms with E-state index in [0.29, 0.717) is 37.5 Å². The SMILES string of the molecule is CC(C)CC(=O)N1CCC(NC(=O)c2ccc(Cn3cncn3)cc2)CC1. The Hall–Kier alpha value is -2.70. The van der Waals surface area contributed by atoms with E-state index in [-0.39, 0.29) is 17.9 Å². The summed E-state index contributed by atoms with van der Waals surface area (Å²) in [6, 6.07) is 7.66. The number of aromatic nitrogens is 3. The molecule has 7 nitrogen and oxygen atoms in total. The van der Waals surface area contributed by atoms with Crippen molar-refractivity contribution in [1.29, 1.82) is 0 Å². The highest BCUT2D eigenvalue weighted by atomic mass is 16.2. The molecule has 1 aliphatic heterocycles. The lowest BCUT2D eigenvalue weighted by molar-refractivity contribution is -0.133. The number of rotatable bonds is 6. The molecular formula is C20H27N5O2. The van der Waals surface area contributed by atoms with Crippen molar-refractivity contribution in [2.24, 2.45) is 5.92 Å². The van der Waals surface area contributed by atoms with Gasteiger partial charge in [0.1, 0.15) is 12.7 Å². The number of hydrogen-bond donors (Lipinski definition) is 1. The van der Waals surface area contributed by atoms with Crippen LogP contribution in [-0.2, 0) is 11.3 Å². The highest BCUT2D eigenvalue weighted by molar-refractivity contribution is 5.94. The Morgan fingerprint density at radius 1 is 1.19 bits per heavy atom. The normalized spacial score (nSPS) is 15.1. The van der Waals surface area contributed by atoms with E-state index < -0.39 is 0 Å². The van der Waals surface area contributed by atoms with E-state index >= 15 is 0 Å². The molecule has 0 bridgehead atoms. The lowest BCUT2D eigenvalue weighted by Gasteiger charge is -2.32. The van der Waals surface area contributed by atoms with Crippen molar-refractivity contribution in [3.05, 3.63) is 48.0 Å². The van der Waals surface area contributed by atoms with Gasteiger partial charge < -0.3 is 10.2 Å². The zero-order valence-electron chi connectivity index (χ0n) is 16.0. The average molecular weight is 369 g/mol. The lowest BCUT2D eigenvalue weighted by Crippen LogP contribution is -2.46. The first-order valence-electron chi connectivity index (χ1n) is 9.51. The first-order chi connectivity index (χ1) is 13.0. The molecule has 7 heteroatoms. The molecule has 1 aromatic heterocycles. The van der Waals surface area contributed by atoms with Crippen molar-refractivity contribution in [2.45, 2.75) is 45.7 Å². The quantitative estimate of drug-likeness (QED) is 0.846. The predicted molar refractivity (Wildman–Crippen MR) is 102 cm³/mol. The molecule has 1 N–H and O–H groups in total. The number of benzene rings is 1. The van der Waals surface area contributed by atoms with Gasteiger partial charge in [0, 0.05) is 31.1 Å². The minimum atomic E-state index is -0.0609. The van der Waals surface area contributed by atoms with Crippen LogP contribution < -0.4 is 5.32 Å². The van der Waals surface area contributed by atoms with Gasteiger partial charge in [-0.1, -0.05) is 26.0 Å². The second-order valence-corrected chi connectivity index (χ2v) is 7.52. The van der Waals surface area contributed by atoms with Gasteiger partial charge in [0.2, 0.25) is 5.91 Å². The number of piperidine rings is 1. The molecule has 144 valence electrons. The number of amides is 2. The van der Waals surface area contributed by atoms with E-state index in [2.05, 4.69) is 29.2 Å². The Balaban J connectivity index is 1.47. The van der Waals surface area contributed by atoms with E-state index in [9.17, 15) is 9.59 Å². The van der Waals surface area contributed by atoms with E-state index in [1.165, 1.54) is 6.33 Å². The molecule has 2 heterocycles. The van der Waals surface area contributed by atoms with Crippen molar-refractivity contribution < 1.29 is 9.59 Å². The largest absolute Gasteiger partial charge is 0.349 e. The van der Waals surface area contributed by atoms with Gasteiger partial charge in [-0.2, -0.15) is 5.10 Å². The predicted octanol–water partition coefficient (Wildman–Crippen LogP) is 2.09. The summed E-state index contributed by atoms with van der Waals surface area (Å²) in [5.74, 6) is 0.537. The molecule has 0 radical (unpaired) electrons. The molecule has 0 spiro atoms. The Morgan fingerprint density at radius 2 is 1.89 bits per heavy atom. The minimum Gasteiger partial charge on any atom is -0.349 e. The molecule has 0 atom stereocenters. The van der Waals surface area contributed by atoms with Crippen LogP contribution in [0.1, 0.15) is 49.0 Å². The molecule has 3 rings (SSSR count). The van der Waals surface area contributed by atoms with Gasteiger partial charge in [-0.15, -0.1) is 0 Å². The van der Waals surface area contributed by atoms with Crippen LogP contribution in [0.25, 0.3) is 0 Å². The Labute approximate surface area is 159 Å². The number of nitrogens with zero attached hydrogens (tertiary/aromatic N) is 4. The number of hydrogen-bond acceptors (Lipinski definition) is 4. The van der Waals surface area contributed by atoms with Crippen LogP contribution in [-0.4, -0.2) is 50.6 Å². The standard InChI is InChI=1S/C20H27N5O2/c1-15(2)11-19(26)24-9-7-18(8-10-24)23-20(27)17-5-3-16(4-6-17)12-25-14-21-13-22-25/h3-6,13-15,18H,7-12H2,1-2H3,(H,23,27). The van der Waals surface area contributed by atoms with Gasteiger partial charge in [0.15, 0.2) is 0 Å². The second-order valence-electron chi connectivity index (χ2n) is 7.52. The summed E-state index contributed by atoms with van der Waals surface area (Å²) in [7, 11) is 0. The molecule has 1 aromatic carbocycles. The highest BCUT2D eigenvalue weighted by Crippen LogP contribution is 2.14. The number of likely N-dealkylation sites (tertiary alicyclic amines) is 1. The van der Waals surface area contributed by atoms with Crippen LogP contribution in [0.3, 0.4) is 0 Å². The summed E-state index contributed by atoms with van der Waals surface area (Å²) >= 11 is 0. The monoisotopic (exact) mass is 369 g/mol. The third-order valence-corrected chi connectivity index (χ3v) is 4.79. The van der Waals surface area contributed by atoms with Gasteiger partial charge in [0.25, 0.3) is 5.91 Å².